The Morgan fingerprint density at radius 1 is 1.11 bits per heavy atom. The van der Waals surface area contributed by atoms with Gasteiger partial charge < -0.3 is 14.4 Å². The number of nitro benzene ring substituents is 1. The van der Waals surface area contributed by atoms with Crippen LogP contribution >= 0.6 is 0 Å². The summed E-state index contributed by atoms with van der Waals surface area (Å²) in [5.74, 6) is -0.596. The van der Waals surface area contributed by atoms with Crippen molar-refractivity contribution >= 4 is 33.3 Å². The van der Waals surface area contributed by atoms with Crippen LogP contribution in [0.2, 0.25) is 0 Å². The average Bonchev–Trinajstić information content (AvgIpc) is 2.86. The van der Waals surface area contributed by atoms with Gasteiger partial charge in [-0.25, -0.2) is 8.42 Å². The first kappa shape index (κ1) is 25.9. The van der Waals surface area contributed by atoms with Crippen molar-refractivity contribution in [3.05, 3.63) is 58.1 Å². The Balaban J connectivity index is 1.93. The molecule has 0 radical (unpaired) electrons. The number of sulfonamides is 1. The van der Waals surface area contributed by atoms with Crippen LogP contribution in [0.4, 0.5) is 11.4 Å². The predicted molar refractivity (Wildman–Crippen MR) is 127 cm³/mol. The summed E-state index contributed by atoms with van der Waals surface area (Å²) in [6.07, 6.45) is 0.829. The van der Waals surface area contributed by atoms with E-state index in [0.717, 1.165) is 10.4 Å². The topological polar surface area (TPSA) is 136 Å². The number of esters is 1. The summed E-state index contributed by atoms with van der Waals surface area (Å²) in [6.45, 7) is 1.56. The minimum atomic E-state index is -4.34. The number of nitro groups is 1. The van der Waals surface area contributed by atoms with Gasteiger partial charge in [-0.3, -0.25) is 24.0 Å². The lowest BCUT2D eigenvalue weighted by Gasteiger charge is -2.33. The van der Waals surface area contributed by atoms with E-state index in [-0.39, 0.29) is 41.2 Å². The molecule has 0 aliphatic carbocycles. The van der Waals surface area contributed by atoms with Gasteiger partial charge in [0.1, 0.15) is 12.3 Å². The number of aryl methyl sites for hydroxylation is 1. The first-order valence-corrected chi connectivity index (χ1v) is 12.3. The summed E-state index contributed by atoms with van der Waals surface area (Å²) in [5.41, 5.74) is 0.179. The van der Waals surface area contributed by atoms with Gasteiger partial charge in [0.05, 0.1) is 35.6 Å². The van der Waals surface area contributed by atoms with Gasteiger partial charge in [0.2, 0.25) is 5.91 Å². The fraction of sp³-hybridized carbons (Fsp3) is 0.391. The molecule has 1 saturated heterocycles. The highest BCUT2D eigenvalue weighted by Crippen LogP contribution is 2.29. The minimum absolute atomic E-state index is 0.201. The third-order valence-corrected chi connectivity index (χ3v) is 7.76. The quantitative estimate of drug-likeness (QED) is 0.303. The van der Waals surface area contributed by atoms with Crippen LogP contribution < -0.4 is 9.04 Å². The van der Waals surface area contributed by atoms with Crippen LogP contribution in [-0.2, 0) is 24.3 Å². The number of anilines is 1. The summed E-state index contributed by atoms with van der Waals surface area (Å²) >= 11 is 0. The van der Waals surface area contributed by atoms with E-state index in [9.17, 15) is 28.1 Å². The molecule has 0 atom stereocenters. The highest BCUT2D eigenvalue weighted by atomic mass is 32.2. The van der Waals surface area contributed by atoms with Gasteiger partial charge in [-0.1, -0.05) is 6.07 Å². The summed E-state index contributed by atoms with van der Waals surface area (Å²) in [4.78, 5) is 36.8. The van der Waals surface area contributed by atoms with Crippen LogP contribution in [0.1, 0.15) is 18.4 Å². The lowest BCUT2D eigenvalue weighted by atomic mass is 9.97. The van der Waals surface area contributed by atoms with Crippen LogP contribution in [0.5, 0.6) is 5.75 Å². The molecule has 188 valence electrons. The predicted octanol–water partition coefficient (Wildman–Crippen LogP) is 2.52. The van der Waals surface area contributed by atoms with Gasteiger partial charge in [0.25, 0.3) is 15.7 Å². The molecule has 0 saturated carbocycles. The Kier molecular flexibility index (Phi) is 7.95. The molecular formula is C23H27N3O8S. The van der Waals surface area contributed by atoms with Crippen LogP contribution in [0, 0.1) is 23.0 Å². The standard InChI is InChI=1S/C23H27N3O8S/c1-16-4-9-20(14-21(16)26(29)30)35(31,32)25(18-5-7-19(33-2)8-6-18)15-22(27)24-12-10-17(11-13-24)23(28)34-3/h4-9,14,17H,10-13,15H2,1-3H3. The van der Waals surface area contributed by atoms with E-state index in [4.69, 9.17) is 9.47 Å². The molecule has 1 aliphatic heterocycles. The molecule has 0 bridgehead atoms. The van der Waals surface area contributed by atoms with E-state index in [0.29, 0.717) is 24.2 Å². The Morgan fingerprint density at radius 3 is 2.29 bits per heavy atom. The van der Waals surface area contributed by atoms with Gasteiger partial charge >= 0.3 is 5.97 Å². The zero-order chi connectivity index (χ0) is 25.8. The van der Waals surface area contributed by atoms with E-state index in [1.165, 1.54) is 50.3 Å². The van der Waals surface area contributed by atoms with Crippen LogP contribution in [0.15, 0.2) is 47.4 Å². The molecule has 35 heavy (non-hydrogen) atoms. The van der Waals surface area contributed by atoms with E-state index < -0.39 is 27.4 Å². The second-order valence-corrected chi connectivity index (χ2v) is 9.96. The zero-order valence-electron chi connectivity index (χ0n) is 19.7. The van der Waals surface area contributed by atoms with Gasteiger partial charge in [-0.05, 0) is 50.1 Å². The minimum Gasteiger partial charge on any atom is -0.497 e. The third kappa shape index (κ3) is 5.70. The van der Waals surface area contributed by atoms with Crippen molar-refractivity contribution in [1.29, 1.82) is 0 Å². The number of hydrogen-bond donors (Lipinski definition) is 0. The molecule has 1 heterocycles. The van der Waals surface area contributed by atoms with Crippen molar-refractivity contribution < 1.29 is 32.4 Å². The average molecular weight is 506 g/mol. The van der Waals surface area contributed by atoms with E-state index in [1.807, 2.05) is 0 Å². The Bertz CT molecular complexity index is 1210. The van der Waals surface area contributed by atoms with Gasteiger partial charge in [-0.15, -0.1) is 0 Å². The molecule has 0 N–H and O–H groups in total. The van der Waals surface area contributed by atoms with Crippen molar-refractivity contribution in [1.82, 2.24) is 4.90 Å². The van der Waals surface area contributed by atoms with Gasteiger partial charge in [0, 0.05) is 24.7 Å². The number of hydrogen-bond acceptors (Lipinski definition) is 8. The maximum atomic E-state index is 13.6. The molecule has 0 spiro atoms. The molecule has 11 nitrogen and oxygen atoms in total. The molecule has 1 fully saturated rings. The zero-order valence-corrected chi connectivity index (χ0v) is 20.5. The molecule has 1 aliphatic rings. The Labute approximate surface area is 203 Å². The SMILES string of the molecule is COC(=O)C1CCN(C(=O)CN(c2ccc(OC)cc2)S(=O)(=O)c2ccc(C)c([N+](=O)[O-])c2)CC1. The number of carbonyl (C=O) groups is 2. The molecule has 1 amide bonds. The largest absolute Gasteiger partial charge is 0.497 e. The van der Waals surface area contributed by atoms with Gasteiger partial charge in [-0.2, -0.15) is 0 Å². The first-order chi connectivity index (χ1) is 16.6. The van der Waals surface area contributed by atoms with E-state index in [2.05, 4.69) is 0 Å². The molecule has 2 aromatic carbocycles. The van der Waals surface area contributed by atoms with Crippen LogP contribution in [0.25, 0.3) is 0 Å². The van der Waals surface area contributed by atoms with Crippen molar-refractivity contribution in [2.75, 3.05) is 38.2 Å². The van der Waals surface area contributed by atoms with E-state index >= 15 is 0 Å². The molecular weight excluding hydrogens is 478 g/mol. The highest BCUT2D eigenvalue weighted by Gasteiger charge is 2.33. The number of benzene rings is 2. The molecule has 12 heteroatoms. The fourth-order valence-electron chi connectivity index (χ4n) is 3.89. The van der Waals surface area contributed by atoms with Crippen molar-refractivity contribution in [3.63, 3.8) is 0 Å². The maximum absolute atomic E-state index is 13.6. The summed E-state index contributed by atoms with van der Waals surface area (Å²) < 4.78 is 38.1. The first-order valence-electron chi connectivity index (χ1n) is 10.9. The summed E-state index contributed by atoms with van der Waals surface area (Å²) in [6, 6.07) is 9.74. The molecule has 0 unspecified atom stereocenters. The van der Waals surface area contributed by atoms with Crippen molar-refractivity contribution in [2.24, 2.45) is 5.92 Å². The molecule has 3 rings (SSSR count). The lowest BCUT2D eigenvalue weighted by molar-refractivity contribution is -0.385. The number of ether oxygens (including phenoxy) is 2. The van der Waals surface area contributed by atoms with Crippen molar-refractivity contribution in [3.8, 4) is 5.75 Å². The Hall–Kier alpha value is -3.67. The highest BCUT2D eigenvalue weighted by molar-refractivity contribution is 7.92. The second kappa shape index (κ2) is 10.7. The number of rotatable bonds is 8. The third-order valence-electron chi connectivity index (χ3n) is 5.99. The fourth-order valence-corrected chi connectivity index (χ4v) is 5.33. The smallest absolute Gasteiger partial charge is 0.308 e. The summed E-state index contributed by atoms with van der Waals surface area (Å²) in [7, 11) is -1.56. The number of carbonyl (C=O) groups excluding carboxylic acids is 2. The van der Waals surface area contributed by atoms with Gasteiger partial charge in [0.15, 0.2) is 0 Å². The monoisotopic (exact) mass is 505 g/mol. The van der Waals surface area contributed by atoms with Crippen molar-refractivity contribution in [2.45, 2.75) is 24.7 Å². The Morgan fingerprint density at radius 2 is 1.74 bits per heavy atom. The number of amides is 1. The molecule has 0 aromatic heterocycles. The molecule has 2 aromatic rings. The maximum Gasteiger partial charge on any atom is 0.308 e. The second-order valence-electron chi connectivity index (χ2n) is 8.09. The van der Waals surface area contributed by atoms with E-state index in [1.54, 1.807) is 12.1 Å². The normalized spacial score (nSPS) is 14.3. The number of methoxy groups -OCH3 is 2. The lowest BCUT2D eigenvalue weighted by Crippen LogP contribution is -2.46. The number of likely N-dealkylation sites (tertiary alicyclic amines) is 1. The van der Waals surface area contributed by atoms with Crippen LogP contribution in [-0.4, -0.2) is 64.0 Å². The summed E-state index contributed by atoms with van der Waals surface area (Å²) in [5, 5.41) is 11.4. The van der Waals surface area contributed by atoms with Crippen LogP contribution in [0.3, 0.4) is 0 Å². The number of piperidine rings is 1. The number of nitrogens with zero attached hydrogens (tertiary/aromatic N) is 3.